The number of benzene rings is 2. The molecular weight excluding hydrogens is 394 g/mol. The summed E-state index contributed by atoms with van der Waals surface area (Å²) in [5.41, 5.74) is 3.40. The van der Waals surface area contributed by atoms with Crippen molar-refractivity contribution in [3.63, 3.8) is 0 Å². The minimum atomic E-state index is -0.344. The Labute approximate surface area is 178 Å². The fourth-order valence-electron chi connectivity index (χ4n) is 2.86. The average Bonchev–Trinajstić information content (AvgIpc) is 3.34. The van der Waals surface area contributed by atoms with E-state index in [1.807, 2.05) is 12.1 Å². The van der Waals surface area contributed by atoms with E-state index < -0.39 is 0 Å². The van der Waals surface area contributed by atoms with Gasteiger partial charge in [0.15, 0.2) is 5.82 Å². The third-order valence-electron chi connectivity index (χ3n) is 4.42. The Bertz CT molecular complexity index is 1160. The predicted molar refractivity (Wildman–Crippen MR) is 116 cm³/mol. The Hall–Kier alpha value is -4.53. The first-order chi connectivity index (χ1) is 15.2. The molecule has 9 nitrogen and oxygen atoms in total. The van der Waals surface area contributed by atoms with Gasteiger partial charge in [0.2, 0.25) is 0 Å². The minimum absolute atomic E-state index is 0.261. The van der Waals surface area contributed by atoms with Crippen molar-refractivity contribution < 1.29 is 9.59 Å². The second-order valence-electron chi connectivity index (χ2n) is 6.61. The molecule has 0 unspecified atom stereocenters. The van der Waals surface area contributed by atoms with Gasteiger partial charge in [-0.05, 0) is 48.0 Å². The predicted octanol–water partition coefficient (Wildman–Crippen LogP) is 3.44. The molecule has 0 aliphatic rings. The molecule has 2 heterocycles. The van der Waals surface area contributed by atoms with Crippen molar-refractivity contribution >= 4 is 23.3 Å². The molecular formula is C22H19N7O2. The van der Waals surface area contributed by atoms with Gasteiger partial charge in [-0.3, -0.25) is 14.9 Å². The van der Waals surface area contributed by atoms with Crippen molar-refractivity contribution in [1.29, 1.82) is 0 Å². The lowest BCUT2D eigenvalue weighted by Crippen LogP contribution is -2.28. The van der Waals surface area contributed by atoms with Gasteiger partial charge < -0.3 is 16.0 Å². The molecule has 2 aromatic carbocycles. The number of rotatable bonds is 6. The van der Waals surface area contributed by atoms with Gasteiger partial charge in [0, 0.05) is 41.4 Å². The van der Waals surface area contributed by atoms with Crippen LogP contribution >= 0.6 is 0 Å². The molecule has 0 aliphatic heterocycles. The molecule has 154 valence electrons. The molecule has 0 saturated carbocycles. The van der Waals surface area contributed by atoms with Crippen LogP contribution in [0, 0.1) is 0 Å². The van der Waals surface area contributed by atoms with Gasteiger partial charge in [-0.1, -0.05) is 18.2 Å². The topological polar surface area (TPSA) is 125 Å². The third kappa shape index (κ3) is 5.30. The highest BCUT2D eigenvalue weighted by molar-refractivity contribution is 6.04. The van der Waals surface area contributed by atoms with E-state index in [2.05, 4.69) is 36.1 Å². The zero-order chi connectivity index (χ0) is 21.5. The van der Waals surface area contributed by atoms with Crippen LogP contribution in [0.15, 0.2) is 79.4 Å². The summed E-state index contributed by atoms with van der Waals surface area (Å²) in [5.74, 6) is 0.372. The lowest BCUT2D eigenvalue weighted by molar-refractivity contribution is 0.102. The van der Waals surface area contributed by atoms with E-state index in [4.69, 9.17) is 0 Å². The summed E-state index contributed by atoms with van der Waals surface area (Å²) in [7, 11) is 0. The number of anilines is 2. The van der Waals surface area contributed by atoms with Gasteiger partial charge in [-0.2, -0.15) is 5.10 Å². The van der Waals surface area contributed by atoms with E-state index in [1.54, 1.807) is 60.9 Å². The molecule has 0 radical (unpaired) electrons. The molecule has 0 fully saturated rings. The van der Waals surface area contributed by atoms with E-state index in [1.165, 1.54) is 6.33 Å². The zero-order valence-corrected chi connectivity index (χ0v) is 16.4. The fraction of sp³-hybridized carbons (Fsp3) is 0.0455. The van der Waals surface area contributed by atoms with Crippen LogP contribution < -0.4 is 16.0 Å². The lowest BCUT2D eigenvalue weighted by Gasteiger charge is -2.10. The number of carbonyl (C=O) groups excluding carboxylic acids is 2. The van der Waals surface area contributed by atoms with Crippen molar-refractivity contribution in [2.45, 2.75) is 6.54 Å². The van der Waals surface area contributed by atoms with Crippen molar-refractivity contribution in [1.82, 2.24) is 25.5 Å². The average molecular weight is 413 g/mol. The standard InChI is InChI=1S/C22H19N7O2/c30-21(17-6-4-16(5-7-17)20-25-14-26-29-20)27-18-2-1-3-19(12-18)28-22(31)24-13-15-8-10-23-11-9-15/h1-12,14H,13H2,(H,27,30)(H2,24,28,31)(H,25,26,29). The molecule has 0 saturated heterocycles. The van der Waals surface area contributed by atoms with Crippen LogP contribution in [-0.4, -0.2) is 32.1 Å². The quantitative estimate of drug-likeness (QED) is 0.385. The number of nitrogens with one attached hydrogen (secondary N) is 4. The van der Waals surface area contributed by atoms with E-state index in [9.17, 15) is 9.59 Å². The van der Waals surface area contributed by atoms with Crippen molar-refractivity contribution in [2.75, 3.05) is 10.6 Å². The van der Waals surface area contributed by atoms with Gasteiger partial charge in [-0.25, -0.2) is 9.78 Å². The van der Waals surface area contributed by atoms with Crippen LogP contribution in [0.1, 0.15) is 15.9 Å². The Balaban J connectivity index is 1.34. The normalized spacial score (nSPS) is 10.3. The molecule has 4 aromatic rings. The van der Waals surface area contributed by atoms with Gasteiger partial charge in [-0.15, -0.1) is 0 Å². The summed E-state index contributed by atoms with van der Waals surface area (Å²) in [5, 5.41) is 15.0. The maximum Gasteiger partial charge on any atom is 0.319 e. The number of carbonyl (C=O) groups is 2. The highest BCUT2D eigenvalue weighted by Gasteiger charge is 2.09. The van der Waals surface area contributed by atoms with Crippen LogP contribution in [0.25, 0.3) is 11.4 Å². The summed E-state index contributed by atoms with van der Waals surface area (Å²) < 4.78 is 0. The van der Waals surface area contributed by atoms with Crippen LogP contribution in [0.2, 0.25) is 0 Å². The second kappa shape index (κ2) is 9.31. The third-order valence-corrected chi connectivity index (χ3v) is 4.42. The molecule has 0 spiro atoms. The maximum atomic E-state index is 12.6. The number of amides is 3. The van der Waals surface area contributed by atoms with Crippen molar-refractivity contribution in [2.24, 2.45) is 0 Å². The van der Waals surface area contributed by atoms with Gasteiger partial charge in [0.05, 0.1) is 0 Å². The van der Waals surface area contributed by atoms with E-state index in [0.717, 1.165) is 11.1 Å². The number of aromatic nitrogens is 4. The first-order valence-corrected chi connectivity index (χ1v) is 9.48. The summed E-state index contributed by atoms with van der Waals surface area (Å²) >= 11 is 0. The van der Waals surface area contributed by atoms with Crippen LogP contribution in [0.3, 0.4) is 0 Å². The number of urea groups is 1. The Morgan fingerprint density at radius 2 is 1.65 bits per heavy atom. The molecule has 31 heavy (non-hydrogen) atoms. The van der Waals surface area contributed by atoms with E-state index >= 15 is 0 Å². The highest BCUT2D eigenvalue weighted by Crippen LogP contribution is 2.18. The largest absolute Gasteiger partial charge is 0.334 e. The second-order valence-corrected chi connectivity index (χ2v) is 6.61. The molecule has 0 aliphatic carbocycles. The minimum Gasteiger partial charge on any atom is -0.334 e. The molecule has 3 amide bonds. The van der Waals surface area contributed by atoms with Crippen LogP contribution in [0.4, 0.5) is 16.2 Å². The first-order valence-electron chi connectivity index (χ1n) is 9.48. The SMILES string of the molecule is O=C(NCc1ccncc1)Nc1cccc(NC(=O)c2ccc(-c3ncn[nH]3)cc2)c1. The van der Waals surface area contributed by atoms with Crippen molar-refractivity contribution in [3.8, 4) is 11.4 Å². The van der Waals surface area contributed by atoms with E-state index in [0.29, 0.717) is 29.3 Å². The Morgan fingerprint density at radius 1 is 0.903 bits per heavy atom. The van der Waals surface area contributed by atoms with Gasteiger partial charge in [0.25, 0.3) is 5.91 Å². The summed E-state index contributed by atoms with van der Waals surface area (Å²) in [6, 6.07) is 17.2. The molecule has 4 rings (SSSR count). The van der Waals surface area contributed by atoms with Crippen LogP contribution in [-0.2, 0) is 6.54 Å². The van der Waals surface area contributed by atoms with E-state index in [-0.39, 0.29) is 11.9 Å². The van der Waals surface area contributed by atoms with Gasteiger partial charge >= 0.3 is 6.03 Å². The Kier molecular flexibility index (Phi) is 5.94. The molecule has 0 atom stereocenters. The molecule has 2 aromatic heterocycles. The number of hydrogen-bond donors (Lipinski definition) is 4. The molecule has 9 heteroatoms. The fourth-order valence-corrected chi connectivity index (χ4v) is 2.86. The number of aromatic amines is 1. The van der Waals surface area contributed by atoms with Gasteiger partial charge in [0.1, 0.15) is 6.33 Å². The molecule has 4 N–H and O–H groups in total. The molecule has 0 bridgehead atoms. The van der Waals surface area contributed by atoms with Crippen LogP contribution in [0.5, 0.6) is 0 Å². The smallest absolute Gasteiger partial charge is 0.319 e. The summed E-state index contributed by atoms with van der Waals surface area (Å²) in [4.78, 5) is 32.7. The summed E-state index contributed by atoms with van der Waals surface area (Å²) in [6.07, 6.45) is 4.77. The first kappa shape index (κ1) is 19.8. The zero-order valence-electron chi connectivity index (χ0n) is 16.4. The number of pyridine rings is 1. The number of hydrogen-bond acceptors (Lipinski definition) is 5. The lowest BCUT2D eigenvalue weighted by atomic mass is 10.1. The maximum absolute atomic E-state index is 12.6. The highest BCUT2D eigenvalue weighted by atomic mass is 16.2. The number of H-pyrrole nitrogens is 1. The monoisotopic (exact) mass is 413 g/mol. The summed E-state index contributed by atoms with van der Waals surface area (Å²) in [6.45, 7) is 0.384. The van der Waals surface area contributed by atoms with Crippen molar-refractivity contribution in [3.05, 3.63) is 90.5 Å². The Morgan fingerprint density at radius 3 is 2.35 bits per heavy atom. The number of nitrogens with zero attached hydrogens (tertiary/aromatic N) is 3.